The molecule has 0 spiro atoms. The summed E-state index contributed by atoms with van der Waals surface area (Å²) in [6.07, 6.45) is 2.34. The Hall–Kier alpha value is -1.40. The summed E-state index contributed by atoms with van der Waals surface area (Å²) in [5, 5.41) is 4.50. The van der Waals surface area contributed by atoms with Gasteiger partial charge in [0, 0.05) is 17.8 Å². The molecule has 0 saturated carbocycles. The highest BCUT2D eigenvalue weighted by molar-refractivity contribution is 5.69. The van der Waals surface area contributed by atoms with Crippen molar-refractivity contribution in [1.29, 1.82) is 0 Å². The van der Waals surface area contributed by atoms with Crippen LogP contribution in [0.15, 0.2) is 0 Å². The number of hydrogen-bond acceptors (Lipinski definition) is 5. The summed E-state index contributed by atoms with van der Waals surface area (Å²) >= 11 is 0. The lowest BCUT2D eigenvalue weighted by Gasteiger charge is -2.31. The van der Waals surface area contributed by atoms with Gasteiger partial charge in [-0.05, 0) is 59.2 Å². The lowest BCUT2D eigenvalue weighted by atomic mass is 9.96. The number of aromatic nitrogens is 2. The molecule has 1 saturated heterocycles. The monoisotopic (exact) mass is 308 g/mol. The minimum absolute atomic E-state index is 0.190. The topological polar surface area (TPSA) is 73.4 Å². The summed E-state index contributed by atoms with van der Waals surface area (Å²) in [7, 11) is 0. The van der Waals surface area contributed by atoms with Gasteiger partial charge in [0.05, 0.1) is 12.3 Å². The largest absolute Gasteiger partial charge is 0.465 e. The summed E-state index contributed by atoms with van der Waals surface area (Å²) in [6, 6.07) is 0. The van der Waals surface area contributed by atoms with E-state index >= 15 is 0 Å². The number of ether oxygens (including phenoxy) is 1. The van der Waals surface area contributed by atoms with Crippen LogP contribution in [0, 0.1) is 19.8 Å². The molecule has 0 atom stereocenters. The molecular formula is C16H28N4O2. The van der Waals surface area contributed by atoms with Crippen LogP contribution >= 0.6 is 0 Å². The maximum absolute atomic E-state index is 11.6. The molecule has 2 heterocycles. The number of carbonyl (C=O) groups is 1. The molecule has 1 aromatic rings. The van der Waals surface area contributed by atoms with Crippen molar-refractivity contribution in [2.45, 2.75) is 46.7 Å². The van der Waals surface area contributed by atoms with Gasteiger partial charge in [-0.1, -0.05) is 0 Å². The maximum Gasteiger partial charge on any atom is 0.327 e. The quantitative estimate of drug-likeness (QED) is 0.800. The van der Waals surface area contributed by atoms with E-state index in [1.54, 1.807) is 4.68 Å². The number of likely N-dealkylation sites (tertiary alicyclic amines) is 1. The molecule has 1 fully saturated rings. The van der Waals surface area contributed by atoms with Crippen LogP contribution in [0.2, 0.25) is 0 Å². The van der Waals surface area contributed by atoms with Crippen LogP contribution in [0.3, 0.4) is 0 Å². The number of carbonyl (C=O) groups excluding carboxylic acids is 1. The van der Waals surface area contributed by atoms with Crippen molar-refractivity contribution in [2.75, 3.05) is 26.2 Å². The molecule has 1 aliphatic heterocycles. The van der Waals surface area contributed by atoms with E-state index in [9.17, 15) is 4.79 Å². The molecule has 124 valence electrons. The summed E-state index contributed by atoms with van der Waals surface area (Å²) in [4.78, 5) is 14.1. The molecular weight excluding hydrogens is 280 g/mol. The Morgan fingerprint density at radius 1 is 1.36 bits per heavy atom. The number of nitrogens with two attached hydrogens (primary N) is 1. The third-order valence-electron chi connectivity index (χ3n) is 4.54. The molecule has 0 aliphatic carbocycles. The first-order valence-electron chi connectivity index (χ1n) is 8.16. The number of rotatable bonds is 6. The number of piperidine rings is 1. The highest BCUT2D eigenvalue weighted by Gasteiger charge is 2.21. The summed E-state index contributed by atoms with van der Waals surface area (Å²) in [6.45, 7) is 10.3. The first kappa shape index (κ1) is 17.0. The molecule has 1 aliphatic rings. The minimum atomic E-state index is -0.233. The zero-order valence-corrected chi connectivity index (χ0v) is 14.0. The van der Waals surface area contributed by atoms with Crippen LogP contribution in [-0.2, 0) is 22.6 Å². The molecule has 1 aromatic heterocycles. The van der Waals surface area contributed by atoms with E-state index in [0.717, 1.165) is 37.6 Å². The first-order chi connectivity index (χ1) is 10.5. The second-order valence-corrected chi connectivity index (χ2v) is 6.07. The Bertz CT molecular complexity index is 504. The Morgan fingerprint density at radius 3 is 2.64 bits per heavy atom. The standard InChI is InChI=1S/C16H28N4O2/c1-4-22-16(21)11-20-13(3)15(12(2)18-20)10-19-7-5-14(9-17)6-8-19/h14H,4-11,17H2,1-3H3. The van der Waals surface area contributed by atoms with E-state index in [0.29, 0.717) is 12.5 Å². The molecule has 22 heavy (non-hydrogen) atoms. The van der Waals surface area contributed by atoms with Gasteiger partial charge in [-0.3, -0.25) is 14.4 Å². The maximum atomic E-state index is 11.6. The van der Waals surface area contributed by atoms with Gasteiger partial charge in [-0.15, -0.1) is 0 Å². The summed E-state index contributed by atoms with van der Waals surface area (Å²) in [5.74, 6) is 0.438. The Morgan fingerprint density at radius 2 is 2.05 bits per heavy atom. The highest BCUT2D eigenvalue weighted by Crippen LogP contribution is 2.21. The van der Waals surface area contributed by atoms with Crippen LogP contribution in [0.1, 0.15) is 36.7 Å². The van der Waals surface area contributed by atoms with Crippen molar-refractivity contribution in [1.82, 2.24) is 14.7 Å². The Balaban J connectivity index is 1.99. The fourth-order valence-corrected chi connectivity index (χ4v) is 3.05. The van der Waals surface area contributed by atoms with E-state index in [1.165, 1.54) is 18.4 Å². The molecule has 0 radical (unpaired) electrons. The first-order valence-corrected chi connectivity index (χ1v) is 8.16. The molecule has 6 nitrogen and oxygen atoms in total. The predicted octanol–water partition coefficient (Wildman–Crippen LogP) is 1.23. The number of nitrogens with zero attached hydrogens (tertiary/aromatic N) is 3. The number of esters is 1. The van der Waals surface area contributed by atoms with Crippen molar-refractivity contribution in [3.63, 3.8) is 0 Å². The molecule has 0 bridgehead atoms. The van der Waals surface area contributed by atoms with Crippen LogP contribution in [0.25, 0.3) is 0 Å². The smallest absolute Gasteiger partial charge is 0.327 e. The lowest BCUT2D eigenvalue weighted by molar-refractivity contribution is -0.144. The van der Waals surface area contributed by atoms with Crippen molar-refractivity contribution >= 4 is 5.97 Å². The number of hydrogen-bond donors (Lipinski definition) is 1. The molecule has 2 N–H and O–H groups in total. The van der Waals surface area contributed by atoms with Gasteiger partial charge in [0.15, 0.2) is 0 Å². The Labute approximate surface area is 132 Å². The Kier molecular flexibility index (Phi) is 5.97. The van der Waals surface area contributed by atoms with Gasteiger partial charge in [-0.2, -0.15) is 5.10 Å². The van der Waals surface area contributed by atoms with Gasteiger partial charge in [-0.25, -0.2) is 0 Å². The van der Waals surface area contributed by atoms with Gasteiger partial charge >= 0.3 is 5.97 Å². The predicted molar refractivity (Wildman–Crippen MR) is 85.4 cm³/mol. The fourth-order valence-electron chi connectivity index (χ4n) is 3.05. The van der Waals surface area contributed by atoms with Gasteiger partial charge in [0.1, 0.15) is 6.54 Å². The van der Waals surface area contributed by atoms with Crippen molar-refractivity contribution < 1.29 is 9.53 Å². The third kappa shape index (κ3) is 4.08. The molecule has 0 aromatic carbocycles. The summed E-state index contributed by atoms with van der Waals surface area (Å²) < 4.78 is 6.76. The average Bonchev–Trinajstić information content (AvgIpc) is 2.76. The van der Waals surface area contributed by atoms with E-state index in [4.69, 9.17) is 10.5 Å². The molecule has 0 unspecified atom stereocenters. The highest BCUT2D eigenvalue weighted by atomic mass is 16.5. The second-order valence-electron chi connectivity index (χ2n) is 6.07. The zero-order chi connectivity index (χ0) is 16.1. The van der Waals surface area contributed by atoms with Crippen molar-refractivity contribution in [2.24, 2.45) is 11.7 Å². The molecule has 6 heteroatoms. The fraction of sp³-hybridized carbons (Fsp3) is 0.750. The number of aryl methyl sites for hydroxylation is 1. The minimum Gasteiger partial charge on any atom is -0.465 e. The third-order valence-corrected chi connectivity index (χ3v) is 4.54. The second kappa shape index (κ2) is 7.74. The molecule has 2 rings (SSSR count). The van der Waals surface area contributed by atoms with E-state index in [-0.39, 0.29) is 12.5 Å². The van der Waals surface area contributed by atoms with Crippen LogP contribution in [-0.4, -0.2) is 46.9 Å². The lowest BCUT2D eigenvalue weighted by Crippen LogP contribution is -2.35. The van der Waals surface area contributed by atoms with Crippen LogP contribution < -0.4 is 5.73 Å². The average molecular weight is 308 g/mol. The van der Waals surface area contributed by atoms with Gasteiger partial charge in [0.2, 0.25) is 0 Å². The van der Waals surface area contributed by atoms with Gasteiger partial charge in [0.25, 0.3) is 0 Å². The molecule has 0 amide bonds. The zero-order valence-electron chi connectivity index (χ0n) is 14.0. The van der Waals surface area contributed by atoms with E-state index in [1.807, 2.05) is 20.8 Å². The van der Waals surface area contributed by atoms with Gasteiger partial charge < -0.3 is 10.5 Å². The van der Waals surface area contributed by atoms with Crippen molar-refractivity contribution in [3.8, 4) is 0 Å². The van der Waals surface area contributed by atoms with E-state index in [2.05, 4.69) is 10.00 Å². The SMILES string of the molecule is CCOC(=O)Cn1nc(C)c(CN2CCC(CN)CC2)c1C. The normalized spacial score (nSPS) is 16.9. The van der Waals surface area contributed by atoms with Crippen LogP contribution in [0.4, 0.5) is 0 Å². The van der Waals surface area contributed by atoms with Crippen LogP contribution in [0.5, 0.6) is 0 Å². The van der Waals surface area contributed by atoms with E-state index < -0.39 is 0 Å². The summed E-state index contributed by atoms with van der Waals surface area (Å²) in [5.41, 5.74) is 9.04. The van der Waals surface area contributed by atoms with Crippen molar-refractivity contribution in [3.05, 3.63) is 17.0 Å².